The van der Waals surface area contributed by atoms with Gasteiger partial charge in [0, 0.05) is 12.8 Å². The molecular formula is C49H91NO6. The lowest BCUT2D eigenvalue weighted by molar-refractivity contribution is -0.155. The van der Waals surface area contributed by atoms with Crippen molar-refractivity contribution in [2.75, 3.05) is 33.9 Å². The summed E-state index contributed by atoms with van der Waals surface area (Å²) in [5, 5.41) is 0. The molecule has 7 heteroatoms. The first-order valence-electron chi connectivity index (χ1n) is 23.4. The third-order valence-corrected chi connectivity index (χ3v) is 11.3. The van der Waals surface area contributed by atoms with Crippen molar-refractivity contribution >= 4 is 17.9 Å². The zero-order chi connectivity index (χ0) is 41.9. The zero-order valence-electron chi connectivity index (χ0n) is 38.5. The van der Waals surface area contributed by atoms with Crippen molar-refractivity contribution in [3.05, 3.63) is 0 Å². The van der Waals surface area contributed by atoms with E-state index in [4.69, 9.17) is 14.2 Å². The van der Waals surface area contributed by atoms with Crippen LogP contribution in [0.15, 0.2) is 0 Å². The highest BCUT2D eigenvalue weighted by Gasteiger charge is 2.30. The van der Waals surface area contributed by atoms with E-state index in [0.29, 0.717) is 18.9 Å². The highest BCUT2D eigenvalue weighted by atomic mass is 16.5. The summed E-state index contributed by atoms with van der Waals surface area (Å²) in [5.41, 5.74) is -1.05. The molecule has 0 aromatic heterocycles. The molecule has 0 aliphatic carbocycles. The van der Waals surface area contributed by atoms with Gasteiger partial charge in [-0.3, -0.25) is 14.4 Å². The lowest BCUT2D eigenvalue weighted by Gasteiger charge is -2.24. The quantitative estimate of drug-likeness (QED) is 0.0268. The van der Waals surface area contributed by atoms with Gasteiger partial charge in [0.05, 0.1) is 17.4 Å². The third-order valence-electron chi connectivity index (χ3n) is 11.3. The van der Waals surface area contributed by atoms with Crippen molar-refractivity contribution in [2.24, 2.45) is 16.7 Å². The Morgan fingerprint density at radius 3 is 1.61 bits per heavy atom. The topological polar surface area (TPSA) is 82.1 Å². The average molecular weight is 790 g/mol. The van der Waals surface area contributed by atoms with Crippen molar-refractivity contribution in [3.8, 4) is 11.8 Å². The van der Waals surface area contributed by atoms with Crippen LogP contribution in [0.5, 0.6) is 0 Å². The van der Waals surface area contributed by atoms with Gasteiger partial charge in [0.15, 0.2) is 6.61 Å². The van der Waals surface area contributed by atoms with Crippen molar-refractivity contribution in [2.45, 2.75) is 234 Å². The molecule has 0 saturated carbocycles. The van der Waals surface area contributed by atoms with E-state index in [1.165, 1.54) is 83.5 Å². The Balaban J connectivity index is 4.74. The minimum Gasteiger partial charge on any atom is -0.465 e. The molecule has 2 unspecified atom stereocenters. The second-order valence-electron chi connectivity index (χ2n) is 18.2. The van der Waals surface area contributed by atoms with Crippen molar-refractivity contribution in [3.63, 3.8) is 0 Å². The summed E-state index contributed by atoms with van der Waals surface area (Å²) in [7, 11) is 4.03. The molecule has 0 radical (unpaired) electrons. The van der Waals surface area contributed by atoms with Gasteiger partial charge in [-0.1, -0.05) is 142 Å². The Morgan fingerprint density at radius 2 is 1.04 bits per heavy atom. The number of hydrogen-bond acceptors (Lipinski definition) is 7. The van der Waals surface area contributed by atoms with Gasteiger partial charge in [0.1, 0.15) is 6.10 Å². The van der Waals surface area contributed by atoms with E-state index < -0.39 is 10.8 Å². The van der Waals surface area contributed by atoms with E-state index in [1.807, 2.05) is 41.8 Å². The summed E-state index contributed by atoms with van der Waals surface area (Å²) in [4.78, 5) is 40.7. The molecule has 0 rings (SSSR count). The van der Waals surface area contributed by atoms with Gasteiger partial charge in [0.25, 0.3) is 0 Å². The molecule has 0 fully saturated rings. The largest absolute Gasteiger partial charge is 0.465 e. The van der Waals surface area contributed by atoms with Crippen LogP contribution >= 0.6 is 0 Å². The third kappa shape index (κ3) is 31.0. The predicted octanol–water partition coefficient (Wildman–Crippen LogP) is 13.2. The summed E-state index contributed by atoms with van der Waals surface area (Å²) in [6, 6.07) is 0. The van der Waals surface area contributed by atoms with Crippen molar-refractivity contribution in [1.29, 1.82) is 0 Å². The minimum atomic E-state index is -0.551. The van der Waals surface area contributed by atoms with Gasteiger partial charge in [0.2, 0.25) is 0 Å². The van der Waals surface area contributed by atoms with Crippen molar-refractivity contribution in [1.82, 2.24) is 4.90 Å². The molecule has 7 nitrogen and oxygen atoms in total. The Hall–Kier alpha value is -2.07. The van der Waals surface area contributed by atoms with Crippen LogP contribution in [0.2, 0.25) is 0 Å². The fraction of sp³-hybridized carbons (Fsp3) is 0.898. The molecule has 56 heavy (non-hydrogen) atoms. The number of nitrogens with zero attached hydrogens (tertiary/aromatic N) is 1. The molecular weight excluding hydrogens is 699 g/mol. The van der Waals surface area contributed by atoms with Gasteiger partial charge in [-0.25, -0.2) is 0 Å². The number of ether oxygens (including phenoxy) is 3. The maximum Gasteiger partial charge on any atom is 0.312 e. The molecule has 0 saturated heterocycles. The lowest BCUT2D eigenvalue weighted by atomic mass is 9.86. The number of carbonyl (C=O) groups excluding carboxylic acids is 3. The number of rotatable bonds is 37. The van der Waals surface area contributed by atoms with Gasteiger partial charge in [-0.2, -0.15) is 0 Å². The van der Waals surface area contributed by atoms with E-state index in [1.54, 1.807) is 0 Å². The van der Waals surface area contributed by atoms with Gasteiger partial charge < -0.3 is 19.1 Å². The molecule has 0 bridgehead atoms. The van der Waals surface area contributed by atoms with E-state index in [0.717, 1.165) is 96.4 Å². The van der Waals surface area contributed by atoms with Crippen LogP contribution in [0.3, 0.4) is 0 Å². The highest BCUT2D eigenvalue weighted by molar-refractivity contribution is 5.76. The Kier molecular flexibility index (Phi) is 33.6. The molecule has 0 amide bonds. The fourth-order valence-corrected chi connectivity index (χ4v) is 7.23. The first-order valence-corrected chi connectivity index (χ1v) is 23.4. The standard InChI is InChI=1S/C49H91NO6/c1-10-13-16-18-19-20-21-30-41-54-46(52)48(4,5)38-28-22-26-34-44(56-45(51)36-31-40-50(8)9)35-27-23-29-39-49(6,7)47(53)55-42-37-43(32-24-15-12-3)33-25-17-14-11-2/h43-44H,10-20,22-29,31-42H2,1-9H3. The summed E-state index contributed by atoms with van der Waals surface area (Å²) in [6.07, 6.45) is 29.5. The molecule has 0 aromatic carbocycles. The molecule has 0 aromatic rings. The van der Waals surface area contributed by atoms with Crippen LogP contribution in [0.1, 0.15) is 228 Å². The van der Waals surface area contributed by atoms with Crippen LogP contribution in [0.25, 0.3) is 0 Å². The van der Waals surface area contributed by atoms with Gasteiger partial charge >= 0.3 is 17.9 Å². The number of esters is 3. The molecule has 0 aliphatic rings. The Labute approximate surface area is 347 Å². The molecule has 0 N–H and O–H groups in total. The normalized spacial score (nSPS) is 12.9. The first kappa shape index (κ1) is 53.9. The zero-order valence-corrected chi connectivity index (χ0v) is 38.5. The molecule has 2 atom stereocenters. The van der Waals surface area contributed by atoms with Gasteiger partial charge in [-0.15, -0.1) is 0 Å². The maximum absolute atomic E-state index is 13.1. The van der Waals surface area contributed by atoms with Crippen LogP contribution in [0, 0.1) is 28.6 Å². The van der Waals surface area contributed by atoms with E-state index in [-0.39, 0.29) is 30.6 Å². The molecule has 0 heterocycles. The fourth-order valence-electron chi connectivity index (χ4n) is 7.23. The van der Waals surface area contributed by atoms with Crippen LogP contribution < -0.4 is 0 Å². The average Bonchev–Trinajstić information content (AvgIpc) is 3.14. The number of carbonyl (C=O) groups is 3. The van der Waals surface area contributed by atoms with Crippen LogP contribution in [-0.2, 0) is 28.6 Å². The summed E-state index contributed by atoms with van der Waals surface area (Å²) in [6.45, 7) is 16.2. The van der Waals surface area contributed by atoms with Crippen LogP contribution in [0.4, 0.5) is 0 Å². The van der Waals surface area contributed by atoms with E-state index >= 15 is 0 Å². The maximum atomic E-state index is 13.1. The highest BCUT2D eigenvalue weighted by Crippen LogP contribution is 2.29. The molecule has 328 valence electrons. The number of unbranched alkanes of at least 4 members (excludes halogenated alkanes) is 14. The predicted molar refractivity (Wildman–Crippen MR) is 235 cm³/mol. The second-order valence-corrected chi connectivity index (χ2v) is 18.2. The SMILES string of the molecule is CCCCCCCC#CCOC(=O)C(C)(C)CCCCCC(CCCCCC(C)(C)C(=O)OCCC(CCCCC)CCCCCC)OC(=O)CCCN(C)C. The van der Waals surface area contributed by atoms with Crippen LogP contribution in [-0.4, -0.2) is 62.8 Å². The first-order chi connectivity index (χ1) is 26.8. The summed E-state index contributed by atoms with van der Waals surface area (Å²) in [5.74, 6) is 6.43. The molecule has 0 aliphatic heterocycles. The van der Waals surface area contributed by atoms with E-state index in [2.05, 4.69) is 37.5 Å². The summed E-state index contributed by atoms with van der Waals surface area (Å²) < 4.78 is 17.4. The second kappa shape index (κ2) is 34.9. The monoisotopic (exact) mass is 790 g/mol. The van der Waals surface area contributed by atoms with Crippen molar-refractivity contribution < 1.29 is 28.6 Å². The summed E-state index contributed by atoms with van der Waals surface area (Å²) >= 11 is 0. The number of hydrogen-bond donors (Lipinski definition) is 0. The minimum absolute atomic E-state index is 0.0751. The smallest absolute Gasteiger partial charge is 0.312 e. The van der Waals surface area contributed by atoms with E-state index in [9.17, 15) is 14.4 Å². The Bertz CT molecular complexity index is 1040. The van der Waals surface area contributed by atoms with Gasteiger partial charge in [-0.05, 0) is 112 Å². The Morgan fingerprint density at radius 1 is 0.554 bits per heavy atom. The molecule has 0 spiro atoms. The lowest BCUT2D eigenvalue weighted by Crippen LogP contribution is -2.27.